The van der Waals surface area contributed by atoms with Crippen LogP contribution in [0.15, 0.2) is 30.3 Å². The summed E-state index contributed by atoms with van der Waals surface area (Å²) >= 11 is 0. The van der Waals surface area contributed by atoms with E-state index >= 15 is 0 Å². The molecule has 0 spiro atoms. The number of hydrogen-bond acceptors (Lipinski definition) is 1. The van der Waals surface area contributed by atoms with Crippen molar-refractivity contribution in [1.82, 2.24) is 4.98 Å². The molecule has 0 unspecified atom stereocenters. The van der Waals surface area contributed by atoms with Crippen LogP contribution in [0.1, 0.15) is 5.56 Å². The van der Waals surface area contributed by atoms with Crippen LogP contribution in [-0.4, -0.2) is 10.0 Å². The Morgan fingerprint density at radius 2 is 2.00 bits per heavy atom. The van der Waals surface area contributed by atoms with E-state index in [2.05, 4.69) is 4.98 Å². The van der Waals surface area contributed by atoms with E-state index in [4.69, 9.17) is 0 Å². The van der Waals surface area contributed by atoms with Gasteiger partial charge in [-0.25, -0.2) is 0 Å². The minimum Gasteiger partial charge on any atom is -0.307 e. The van der Waals surface area contributed by atoms with Crippen molar-refractivity contribution in [3.05, 3.63) is 35.9 Å². The van der Waals surface area contributed by atoms with Crippen molar-refractivity contribution in [2.75, 3.05) is 0 Å². The number of nitrogens with one attached hydrogen (secondary N) is 1. The van der Waals surface area contributed by atoms with E-state index in [1.165, 1.54) is 0 Å². The number of hydrogen-bond donors (Lipinski definition) is 1. The summed E-state index contributed by atoms with van der Waals surface area (Å²) in [5.41, 5.74) is 1.12. The van der Waals surface area contributed by atoms with Gasteiger partial charge in [0.2, 0.25) is 0 Å². The molecule has 0 aromatic heterocycles. The monoisotopic (exact) mass is 153 g/mol. The van der Waals surface area contributed by atoms with Gasteiger partial charge in [0.25, 0.3) is 0 Å². The molecule has 1 nitrogen and oxygen atoms in total. The molecule has 0 saturated carbocycles. The quantitative estimate of drug-likeness (QED) is 0.509. The fraction of sp³-hybridized carbons (Fsp3) is 0.143. The molecule has 10 heavy (non-hydrogen) atoms. The van der Waals surface area contributed by atoms with Gasteiger partial charge in [-0.3, -0.25) is 4.11 Å². The molecule has 0 amide bonds. The zero-order valence-electron chi connectivity index (χ0n) is 5.47. The van der Waals surface area contributed by atoms with Crippen LogP contribution < -0.4 is 4.98 Å². The predicted octanol–water partition coefficient (Wildman–Crippen LogP) is 1.28. The third kappa shape index (κ3) is 2.29. The third-order valence-electron chi connectivity index (χ3n) is 1.20. The van der Waals surface area contributed by atoms with Crippen LogP contribution in [0.25, 0.3) is 0 Å². The van der Waals surface area contributed by atoms with Gasteiger partial charge in [-0.15, -0.1) is 0 Å². The van der Waals surface area contributed by atoms with E-state index in [1.54, 1.807) is 0 Å². The molecule has 52 valence electrons. The smallest absolute Gasteiger partial charge is 0.307 e. The Hall–Kier alpha value is -0.673. The lowest BCUT2D eigenvalue weighted by Crippen LogP contribution is -2.13. The molecule has 0 aliphatic rings. The second kappa shape index (κ2) is 4.19. The lowest BCUT2D eigenvalue weighted by atomic mass is 10.2. The highest BCUT2D eigenvalue weighted by atomic mass is 28.3. The van der Waals surface area contributed by atoms with Crippen LogP contribution in [0.4, 0.5) is 4.11 Å². The first-order valence-corrected chi connectivity index (χ1v) is 3.93. The molecule has 1 aromatic carbocycles. The van der Waals surface area contributed by atoms with E-state index in [0.717, 1.165) is 5.56 Å². The molecule has 1 aromatic rings. The van der Waals surface area contributed by atoms with Crippen LogP contribution in [0, 0.1) is 0 Å². The highest BCUT2D eigenvalue weighted by molar-refractivity contribution is 6.22. The zero-order chi connectivity index (χ0) is 7.23. The minimum atomic E-state index is -0.667. The van der Waals surface area contributed by atoms with Gasteiger partial charge < -0.3 is 4.98 Å². The predicted molar refractivity (Wildman–Crippen MR) is 40.1 cm³/mol. The van der Waals surface area contributed by atoms with E-state index in [-0.39, 0.29) is 0 Å². The Kier molecular flexibility index (Phi) is 3.12. The van der Waals surface area contributed by atoms with Gasteiger partial charge in [0.15, 0.2) is 0 Å². The highest BCUT2D eigenvalue weighted by Gasteiger charge is 1.89. The van der Waals surface area contributed by atoms with Crippen molar-refractivity contribution in [2.24, 2.45) is 0 Å². The largest absolute Gasteiger partial charge is 0.397 e. The summed E-state index contributed by atoms with van der Waals surface area (Å²) in [5.74, 6) is 0. The summed E-state index contributed by atoms with van der Waals surface area (Å²) in [6.45, 7) is 0.621. The summed E-state index contributed by atoms with van der Waals surface area (Å²) in [6.07, 6.45) is 0. The lowest BCUT2D eigenvalue weighted by molar-refractivity contribution is 0.794. The van der Waals surface area contributed by atoms with E-state index < -0.39 is 10.0 Å². The summed E-state index contributed by atoms with van der Waals surface area (Å²) in [5, 5.41) is 0. The fourth-order valence-electron chi connectivity index (χ4n) is 0.731. The Morgan fingerprint density at radius 3 is 2.60 bits per heavy atom. The van der Waals surface area contributed by atoms with Gasteiger partial charge in [-0.2, -0.15) is 0 Å². The molecule has 0 aliphatic heterocycles. The van der Waals surface area contributed by atoms with Gasteiger partial charge in [-0.05, 0) is 5.56 Å². The molecule has 0 aliphatic carbocycles. The molecule has 2 radical (unpaired) electrons. The normalized spacial score (nSPS) is 9.70. The van der Waals surface area contributed by atoms with Crippen LogP contribution in [-0.2, 0) is 6.54 Å². The van der Waals surface area contributed by atoms with Gasteiger partial charge in [0.05, 0.1) is 0 Å². The van der Waals surface area contributed by atoms with Gasteiger partial charge in [0.1, 0.15) is 0 Å². The molecular weight excluding hydrogens is 145 g/mol. The van der Waals surface area contributed by atoms with Crippen LogP contribution in [0.2, 0.25) is 0 Å². The summed E-state index contributed by atoms with van der Waals surface area (Å²) < 4.78 is 11.6. The average Bonchev–Trinajstić information content (AvgIpc) is 2.03. The minimum absolute atomic E-state index is 0.621. The lowest BCUT2D eigenvalue weighted by Gasteiger charge is -1.96. The van der Waals surface area contributed by atoms with Crippen molar-refractivity contribution in [1.29, 1.82) is 0 Å². The van der Waals surface area contributed by atoms with Crippen LogP contribution in [0.3, 0.4) is 0 Å². The van der Waals surface area contributed by atoms with Crippen molar-refractivity contribution >= 4 is 10.0 Å². The topological polar surface area (TPSA) is 12.0 Å². The van der Waals surface area contributed by atoms with E-state index in [9.17, 15) is 4.11 Å². The number of halogens is 1. The fourth-order valence-corrected chi connectivity index (χ4v) is 1.00. The Bertz CT molecular complexity index is 178. The van der Waals surface area contributed by atoms with Crippen molar-refractivity contribution < 1.29 is 4.11 Å². The number of benzene rings is 1. The third-order valence-corrected chi connectivity index (χ3v) is 1.51. The standard InChI is InChI=1S/C7H8FNSi/c8-10-9-6-7-4-2-1-3-5-7/h1-5,9H,6H2. The van der Waals surface area contributed by atoms with Gasteiger partial charge in [-0.1, -0.05) is 30.3 Å². The molecule has 0 heterocycles. The molecule has 0 saturated heterocycles. The Balaban J connectivity index is 2.43. The Labute approximate surface area is 62.3 Å². The Morgan fingerprint density at radius 1 is 1.30 bits per heavy atom. The molecule has 1 N–H and O–H groups in total. The van der Waals surface area contributed by atoms with Crippen molar-refractivity contribution in [3.63, 3.8) is 0 Å². The summed E-state index contributed by atoms with van der Waals surface area (Å²) in [6, 6.07) is 9.76. The van der Waals surface area contributed by atoms with E-state index in [1.807, 2.05) is 30.3 Å². The summed E-state index contributed by atoms with van der Waals surface area (Å²) in [7, 11) is -0.667. The SMILES string of the molecule is F[Si]NCc1ccccc1. The molecule has 1 rings (SSSR count). The van der Waals surface area contributed by atoms with Crippen LogP contribution in [0.5, 0.6) is 0 Å². The maximum absolute atomic E-state index is 11.6. The molecule has 0 fully saturated rings. The highest BCUT2D eigenvalue weighted by Crippen LogP contribution is 1.95. The van der Waals surface area contributed by atoms with Gasteiger partial charge >= 0.3 is 10.0 Å². The first-order valence-electron chi connectivity index (χ1n) is 3.06. The summed E-state index contributed by atoms with van der Waals surface area (Å²) in [4.78, 5) is 2.63. The molecule has 3 heteroatoms. The zero-order valence-corrected chi connectivity index (χ0v) is 6.47. The molecular formula is C7H8FNSi. The molecule has 0 bridgehead atoms. The van der Waals surface area contributed by atoms with Crippen molar-refractivity contribution in [2.45, 2.75) is 6.54 Å². The maximum Gasteiger partial charge on any atom is 0.397 e. The first kappa shape index (κ1) is 7.43. The van der Waals surface area contributed by atoms with E-state index in [0.29, 0.717) is 6.54 Å². The second-order valence-electron chi connectivity index (χ2n) is 1.93. The maximum atomic E-state index is 11.6. The van der Waals surface area contributed by atoms with Crippen LogP contribution >= 0.6 is 0 Å². The van der Waals surface area contributed by atoms with Gasteiger partial charge in [0, 0.05) is 6.54 Å². The van der Waals surface area contributed by atoms with Crippen molar-refractivity contribution in [3.8, 4) is 0 Å². The molecule has 0 atom stereocenters. The average molecular weight is 153 g/mol. The second-order valence-corrected chi connectivity index (χ2v) is 2.48. The number of rotatable bonds is 3. The first-order chi connectivity index (χ1) is 4.93.